The van der Waals surface area contributed by atoms with Gasteiger partial charge in [0, 0.05) is 41.5 Å². The van der Waals surface area contributed by atoms with Gasteiger partial charge in [0.2, 0.25) is 5.91 Å². The highest BCUT2D eigenvalue weighted by Crippen LogP contribution is 2.33. The number of carbonyl (C=O) groups is 3. The maximum absolute atomic E-state index is 13.0. The number of anilines is 2. The molecule has 0 unspecified atom stereocenters. The highest BCUT2D eigenvalue weighted by atomic mass is 32.2. The topological polar surface area (TPSA) is 83.9 Å². The number of imide groups is 1. The van der Waals surface area contributed by atoms with Crippen molar-refractivity contribution < 1.29 is 19.1 Å². The number of amides is 3. The number of aromatic nitrogens is 1. The van der Waals surface area contributed by atoms with Crippen molar-refractivity contribution in [2.24, 2.45) is 0 Å². The molecule has 0 bridgehead atoms. The van der Waals surface area contributed by atoms with Gasteiger partial charge in [0.15, 0.2) is 0 Å². The van der Waals surface area contributed by atoms with Crippen molar-refractivity contribution in [3.05, 3.63) is 82.5 Å². The van der Waals surface area contributed by atoms with Crippen molar-refractivity contribution in [3.63, 3.8) is 0 Å². The van der Waals surface area contributed by atoms with Crippen molar-refractivity contribution in [3.8, 4) is 5.69 Å². The Labute approximate surface area is 219 Å². The lowest BCUT2D eigenvalue weighted by Crippen LogP contribution is -2.36. The molecular formula is C28H28N4O4S. The highest BCUT2D eigenvalue weighted by molar-refractivity contribution is 8.18. The number of para-hydroxylation sites is 1. The fourth-order valence-electron chi connectivity index (χ4n) is 4.61. The molecule has 3 amide bonds. The Morgan fingerprint density at radius 1 is 1.00 bits per heavy atom. The number of rotatable bonds is 6. The van der Waals surface area contributed by atoms with Crippen LogP contribution in [-0.4, -0.2) is 59.4 Å². The van der Waals surface area contributed by atoms with Crippen molar-refractivity contribution in [2.45, 2.75) is 13.8 Å². The van der Waals surface area contributed by atoms with Crippen LogP contribution in [0.15, 0.2) is 65.6 Å². The second-order valence-electron chi connectivity index (χ2n) is 8.96. The third-order valence-corrected chi connectivity index (χ3v) is 7.38. The van der Waals surface area contributed by atoms with E-state index in [4.69, 9.17) is 4.74 Å². The predicted octanol–water partition coefficient (Wildman–Crippen LogP) is 4.61. The first-order valence-corrected chi connectivity index (χ1v) is 12.9. The molecule has 0 spiro atoms. The van der Waals surface area contributed by atoms with E-state index in [0.29, 0.717) is 23.8 Å². The lowest BCUT2D eigenvalue weighted by molar-refractivity contribution is -0.127. The Morgan fingerprint density at radius 3 is 2.41 bits per heavy atom. The van der Waals surface area contributed by atoms with Crippen molar-refractivity contribution in [1.82, 2.24) is 9.47 Å². The zero-order chi connectivity index (χ0) is 25.9. The second kappa shape index (κ2) is 10.7. The third-order valence-electron chi connectivity index (χ3n) is 6.47. The SMILES string of the molecule is Cc1cc(/C=C2/SC(=O)N(CC(=O)Nc3ccc(N4CCOCC4)cc3)C2=O)c(C)n1-c1ccccc1. The molecule has 2 fully saturated rings. The zero-order valence-electron chi connectivity index (χ0n) is 20.8. The molecule has 3 aromatic rings. The molecule has 0 atom stereocenters. The van der Waals surface area contributed by atoms with Gasteiger partial charge < -0.3 is 19.5 Å². The smallest absolute Gasteiger partial charge is 0.294 e. The fourth-order valence-corrected chi connectivity index (χ4v) is 5.44. The molecule has 37 heavy (non-hydrogen) atoms. The number of morpholine rings is 1. The van der Waals surface area contributed by atoms with Crippen LogP contribution in [0, 0.1) is 13.8 Å². The van der Waals surface area contributed by atoms with Crippen LogP contribution in [0.2, 0.25) is 0 Å². The molecule has 0 saturated carbocycles. The molecular weight excluding hydrogens is 488 g/mol. The first-order chi connectivity index (χ1) is 17.9. The summed E-state index contributed by atoms with van der Waals surface area (Å²) < 4.78 is 7.49. The van der Waals surface area contributed by atoms with Gasteiger partial charge >= 0.3 is 0 Å². The van der Waals surface area contributed by atoms with E-state index in [-0.39, 0.29) is 6.54 Å². The average Bonchev–Trinajstić information content (AvgIpc) is 3.34. The molecule has 1 N–H and O–H groups in total. The van der Waals surface area contributed by atoms with Gasteiger partial charge in [-0.3, -0.25) is 19.3 Å². The van der Waals surface area contributed by atoms with Gasteiger partial charge in [-0.2, -0.15) is 0 Å². The lowest BCUT2D eigenvalue weighted by atomic mass is 10.2. The standard InChI is InChI=1S/C28H28N4O4S/c1-19-16-21(20(2)32(19)24-6-4-3-5-7-24)17-25-27(34)31(28(35)37-25)18-26(33)29-22-8-10-23(11-9-22)30-12-14-36-15-13-30/h3-11,16-17H,12-15,18H2,1-2H3,(H,29,33)/b25-17+. The van der Waals surface area contributed by atoms with E-state index in [9.17, 15) is 14.4 Å². The Hall–Kier alpha value is -3.82. The summed E-state index contributed by atoms with van der Waals surface area (Å²) in [5.41, 5.74) is 5.54. The van der Waals surface area contributed by atoms with Crippen LogP contribution in [0.5, 0.6) is 0 Å². The number of hydrogen-bond acceptors (Lipinski definition) is 6. The maximum Gasteiger partial charge on any atom is 0.294 e. The van der Waals surface area contributed by atoms with Gasteiger partial charge in [0.25, 0.3) is 11.1 Å². The minimum Gasteiger partial charge on any atom is -0.378 e. The van der Waals surface area contributed by atoms with Gasteiger partial charge in [-0.25, -0.2) is 0 Å². The van der Waals surface area contributed by atoms with E-state index in [1.54, 1.807) is 6.08 Å². The first kappa shape index (κ1) is 24.9. The van der Waals surface area contributed by atoms with E-state index >= 15 is 0 Å². The summed E-state index contributed by atoms with van der Waals surface area (Å²) in [7, 11) is 0. The number of ether oxygens (including phenoxy) is 1. The van der Waals surface area contributed by atoms with Crippen LogP contribution < -0.4 is 10.2 Å². The molecule has 0 aliphatic carbocycles. The molecule has 2 aliphatic heterocycles. The number of aryl methyl sites for hydroxylation is 1. The van der Waals surface area contributed by atoms with E-state index in [0.717, 1.165) is 58.1 Å². The molecule has 5 rings (SSSR count). The first-order valence-electron chi connectivity index (χ1n) is 12.1. The Kier molecular flexibility index (Phi) is 7.16. The average molecular weight is 517 g/mol. The summed E-state index contributed by atoms with van der Waals surface area (Å²) in [6.45, 7) is 6.69. The summed E-state index contributed by atoms with van der Waals surface area (Å²) >= 11 is 0.856. The summed E-state index contributed by atoms with van der Waals surface area (Å²) in [5, 5.41) is 2.33. The van der Waals surface area contributed by atoms with Crippen LogP contribution in [0.1, 0.15) is 17.0 Å². The number of nitrogens with one attached hydrogen (secondary N) is 1. The fraction of sp³-hybridized carbons (Fsp3) is 0.250. The monoisotopic (exact) mass is 516 g/mol. The van der Waals surface area contributed by atoms with Gasteiger partial charge in [-0.05, 0) is 79.7 Å². The van der Waals surface area contributed by atoms with Crippen LogP contribution in [-0.2, 0) is 14.3 Å². The minimum atomic E-state index is -0.461. The number of benzene rings is 2. The molecule has 8 nitrogen and oxygen atoms in total. The molecule has 2 aliphatic rings. The molecule has 1 aromatic heterocycles. The lowest BCUT2D eigenvalue weighted by Gasteiger charge is -2.28. The number of thioether (sulfide) groups is 1. The van der Waals surface area contributed by atoms with E-state index in [2.05, 4.69) is 14.8 Å². The number of hydrogen-bond donors (Lipinski definition) is 1. The minimum absolute atomic E-state index is 0.306. The predicted molar refractivity (Wildman–Crippen MR) is 146 cm³/mol. The Morgan fingerprint density at radius 2 is 1.70 bits per heavy atom. The normalized spacial score (nSPS) is 17.1. The highest BCUT2D eigenvalue weighted by Gasteiger charge is 2.36. The van der Waals surface area contributed by atoms with Crippen molar-refractivity contribution in [1.29, 1.82) is 0 Å². The van der Waals surface area contributed by atoms with Gasteiger partial charge in [0.1, 0.15) is 6.54 Å². The third kappa shape index (κ3) is 5.33. The summed E-state index contributed by atoms with van der Waals surface area (Å²) in [4.78, 5) is 41.8. The van der Waals surface area contributed by atoms with Gasteiger partial charge in [0.05, 0.1) is 18.1 Å². The molecule has 2 saturated heterocycles. The molecule has 9 heteroatoms. The zero-order valence-corrected chi connectivity index (χ0v) is 21.6. The van der Waals surface area contributed by atoms with Crippen molar-refractivity contribution in [2.75, 3.05) is 43.1 Å². The van der Waals surface area contributed by atoms with E-state index < -0.39 is 17.1 Å². The van der Waals surface area contributed by atoms with Crippen LogP contribution in [0.3, 0.4) is 0 Å². The van der Waals surface area contributed by atoms with Crippen LogP contribution in [0.25, 0.3) is 11.8 Å². The summed E-state index contributed by atoms with van der Waals surface area (Å²) in [6, 6.07) is 19.5. The molecule has 190 valence electrons. The van der Waals surface area contributed by atoms with Crippen molar-refractivity contribution >= 4 is 46.3 Å². The molecule has 2 aromatic carbocycles. The van der Waals surface area contributed by atoms with E-state index in [1.807, 2.05) is 74.5 Å². The number of carbonyl (C=O) groups excluding carboxylic acids is 3. The Bertz CT molecular complexity index is 1360. The molecule has 0 radical (unpaired) electrons. The Balaban J connectivity index is 1.25. The van der Waals surface area contributed by atoms with Gasteiger partial charge in [-0.1, -0.05) is 18.2 Å². The largest absolute Gasteiger partial charge is 0.378 e. The maximum atomic E-state index is 13.0. The number of nitrogens with zero attached hydrogens (tertiary/aromatic N) is 3. The van der Waals surface area contributed by atoms with Crippen LogP contribution >= 0.6 is 11.8 Å². The summed E-state index contributed by atoms with van der Waals surface area (Å²) in [5.74, 6) is -0.887. The summed E-state index contributed by atoms with van der Waals surface area (Å²) in [6.07, 6.45) is 1.73. The van der Waals surface area contributed by atoms with Gasteiger partial charge in [-0.15, -0.1) is 0 Å². The second-order valence-corrected chi connectivity index (χ2v) is 9.95. The molecule has 3 heterocycles. The van der Waals surface area contributed by atoms with E-state index in [1.165, 1.54) is 0 Å². The van der Waals surface area contributed by atoms with Crippen LogP contribution in [0.4, 0.5) is 16.2 Å². The quantitative estimate of drug-likeness (QED) is 0.482.